The molecule has 1 aliphatic rings. The molecule has 0 unspecified atom stereocenters. The summed E-state index contributed by atoms with van der Waals surface area (Å²) >= 11 is 13.7. The molecule has 0 saturated carbocycles. The summed E-state index contributed by atoms with van der Waals surface area (Å²) in [4.78, 5) is 27.0. The molecule has 3 aromatic rings. The van der Waals surface area contributed by atoms with Gasteiger partial charge in [-0.15, -0.1) is 11.3 Å². The van der Waals surface area contributed by atoms with Gasteiger partial charge in [0.15, 0.2) is 0 Å². The van der Waals surface area contributed by atoms with E-state index in [0.29, 0.717) is 44.3 Å². The molecule has 6 nitrogen and oxygen atoms in total. The lowest BCUT2D eigenvalue weighted by Gasteiger charge is -2.12. The molecule has 0 spiro atoms. The van der Waals surface area contributed by atoms with E-state index in [1.807, 2.05) is 13.0 Å². The van der Waals surface area contributed by atoms with E-state index in [1.54, 1.807) is 30.3 Å². The highest BCUT2D eigenvalue weighted by Gasteiger charge is 2.28. The number of ether oxygens (including phenoxy) is 1. The fourth-order valence-electron chi connectivity index (χ4n) is 3.98. The number of aryl methyl sites for hydroxylation is 1. The molecule has 2 heterocycles. The van der Waals surface area contributed by atoms with Gasteiger partial charge in [-0.1, -0.05) is 42.6 Å². The van der Waals surface area contributed by atoms with Gasteiger partial charge in [0.25, 0.3) is 5.91 Å². The third-order valence-electron chi connectivity index (χ3n) is 5.83. The van der Waals surface area contributed by atoms with Gasteiger partial charge in [-0.3, -0.25) is 4.79 Å². The van der Waals surface area contributed by atoms with Gasteiger partial charge in [0, 0.05) is 16.5 Å². The Kier molecular flexibility index (Phi) is 8.52. The number of nitrogens with one attached hydrogen (secondary N) is 1. The monoisotopic (exact) mass is 542 g/mol. The normalized spacial score (nSPS) is 13.1. The zero-order valence-electron chi connectivity index (χ0n) is 19.7. The average molecular weight is 543 g/mol. The quantitative estimate of drug-likeness (QED) is 0.136. The van der Waals surface area contributed by atoms with Crippen LogP contribution in [-0.4, -0.2) is 18.5 Å². The Morgan fingerprint density at radius 3 is 2.81 bits per heavy atom. The van der Waals surface area contributed by atoms with E-state index < -0.39 is 11.9 Å². The van der Waals surface area contributed by atoms with Crippen molar-refractivity contribution in [1.82, 2.24) is 0 Å². The number of nitrogens with zero attached hydrogens (tertiary/aromatic N) is 1. The number of fused-ring (bicyclic) bond motifs is 1. The maximum atomic E-state index is 13.0. The molecule has 1 N–H and O–H groups in total. The molecule has 1 aromatic carbocycles. The van der Waals surface area contributed by atoms with Gasteiger partial charge in [-0.05, 0) is 61.9 Å². The highest BCUT2D eigenvalue weighted by atomic mass is 35.5. The van der Waals surface area contributed by atoms with Crippen molar-refractivity contribution in [1.29, 1.82) is 5.26 Å². The van der Waals surface area contributed by atoms with E-state index in [4.69, 9.17) is 32.4 Å². The largest absolute Gasteiger partial charge is 0.462 e. The lowest BCUT2D eigenvalue weighted by Crippen LogP contribution is -2.17. The highest BCUT2D eigenvalue weighted by Crippen LogP contribution is 2.39. The number of benzene rings is 1. The topological polar surface area (TPSA) is 92.3 Å². The van der Waals surface area contributed by atoms with E-state index in [0.717, 1.165) is 49.0 Å². The second-order valence-corrected chi connectivity index (χ2v) is 10.2. The fraction of sp³-hybridized carbons (Fsp3) is 0.296. The number of amides is 1. The second-order valence-electron chi connectivity index (χ2n) is 8.33. The molecular formula is C27H24Cl2N2O4S. The molecule has 4 rings (SSSR count). The number of carbonyl (C=O) groups excluding carboxylic acids is 2. The molecule has 0 fully saturated rings. The van der Waals surface area contributed by atoms with Gasteiger partial charge in [0.2, 0.25) is 0 Å². The first-order valence-electron chi connectivity index (χ1n) is 11.7. The van der Waals surface area contributed by atoms with Crippen LogP contribution in [0.4, 0.5) is 5.00 Å². The number of unbranched alkanes of at least 4 members (excludes halogenated alkanes) is 1. The van der Waals surface area contributed by atoms with Crippen LogP contribution in [0.25, 0.3) is 17.4 Å². The maximum Gasteiger partial charge on any atom is 0.341 e. The van der Waals surface area contributed by atoms with Crippen LogP contribution < -0.4 is 5.32 Å². The Hall–Kier alpha value is -3.05. The number of esters is 1. The summed E-state index contributed by atoms with van der Waals surface area (Å²) in [6, 6.07) is 10.4. The minimum absolute atomic E-state index is 0.162. The van der Waals surface area contributed by atoms with Crippen LogP contribution in [0, 0.1) is 11.3 Å². The molecule has 1 amide bonds. The van der Waals surface area contributed by atoms with Crippen molar-refractivity contribution in [2.75, 3.05) is 11.9 Å². The SMILES string of the molecule is CCCCOC(=O)c1c(NC(=O)/C(C#N)=C/c2ccc(-c3cccc(Cl)c3Cl)o2)sc2c1CCCC2. The summed E-state index contributed by atoms with van der Waals surface area (Å²) < 4.78 is 11.3. The van der Waals surface area contributed by atoms with Crippen LogP contribution in [0.1, 0.15) is 59.2 Å². The van der Waals surface area contributed by atoms with E-state index >= 15 is 0 Å². The number of furan rings is 1. The van der Waals surface area contributed by atoms with E-state index in [2.05, 4.69) is 5.32 Å². The van der Waals surface area contributed by atoms with Crippen LogP contribution in [-0.2, 0) is 22.4 Å². The van der Waals surface area contributed by atoms with Crippen LogP contribution in [0.5, 0.6) is 0 Å². The van der Waals surface area contributed by atoms with Gasteiger partial charge in [-0.2, -0.15) is 5.26 Å². The van der Waals surface area contributed by atoms with Crippen molar-refractivity contribution in [3.8, 4) is 17.4 Å². The van der Waals surface area contributed by atoms with Gasteiger partial charge >= 0.3 is 5.97 Å². The van der Waals surface area contributed by atoms with E-state index in [9.17, 15) is 14.9 Å². The van der Waals surface area contributed by atoms with Crippen molar-refractivity contribution >= 4 is 57.5 Å². The highest BCUT2D eigenvalue weighted by molar-refractivity contribution is 7.17. The molecule has 0 radical (unpaired) electrons. The molecule has 0 atom stereocenters. The minimum Gasteiger partial charge on any atom is -0.462 e. The van der Waals surface area contributed by atoms with Crippen molar-refractivity contribution in [2.45, 2.75) is 45.4 Å². The molecule has 1 aliphatic carbocycles. The fourth-order valence-corrected chi connectivity index (χ4v) is 5.65. The first-order valence-corrected chi connectivity index (χ1v) is 13.3. The summed E-state index contributed by atoms with van der Waals surface area (Å²) in [5.41, 5.74) is 1.79. The number of thiophene rings is 1. The summed E-state index contributed by atoms with van der Waals surface area (Å²) in [6.45, 7) is 2.35. The van der Waals surface area contributed by atoms with Crippen molar-refractivity contribution in [3.05, 3.63) is 67.7 Å². The van der Waals surface area contributed by atoms with Crippen molar-refractivity contribution in [3.63, 3.8) is 0 Å². The predicted octanol–water partition coefficient (Wildman–Crippen LogP) is 7.70. The predicted molar refractivity (Wildman–Crippen MR) is 143 cm³/mol. The van der Waals surface area contributed by atoms with Gasteiger partial charge < -0.3 is 14.5 Å². The van der Waals surface area contributed by atoms with Crippen molar-refractivity contribution < 1.29 is 18.7 Å². The Morgan fingerprint density at radius 1 is 1.22 bits per heavy atom. The standard InChI is InChI=1S/C27H24Cl2N2O4S/c1-2-3-13-34-27(33)23-19-7-4-5-10-22(19)36-26(23)31-25(32)16(15-30)14-17-11-12-21(35-17)18-8-6-9-20(28)24(18)29/h6,8-9,11-12,14H,2-5,7,10,13H2,1H3,(H,31,32)/b16-14+. The Balaban J connectivity index is 1.58. The third kappa shape index (κ3) is 5.67. The van der Waals surface area contributed by atoms with Crippen LogP contribution in [0.3, 0.4) is 0 Å². The maximum absolute atomic E-state index is 13.0. The lowest BCUT2D eigenvalue weighted by molar-refractivity contribution is -0.112. The summed E-state index contributed by atoms with van der Waals surface area (Å²) in [5.74, 6) is -0.306. The Morgan fingerprint density at radius 2 is 2.03 bits per heavy atom. The van der Waals surface area contributed by atoms with Crippen LogP contribution in [0.15, 0.2) is 40.3 Å². The number of rotatable bonds is 8. The number of nitriles is 1. The van der Waals surface area contributed by atoms with Gasteiger partial charge in [0.1, 0.15) is 28.2 Å². The smallest absolute Gasteiger partial charge is 0.341 e. The molecule has 0 bridgehead atoms. The first-order chi connectivity index (χ1) is 17.4. The lowest BCUT2D eigenvalue weighted by atomic mass is 9.95. The number of halogens is 2. The Labute approximate surface area is 223 Å². The molecule has 0 saturated heterocycles. The summed E-state index contributed by atoms with van der Waals surface area (Å²) in [6.07, 6.45) is 6.66. The zero-order valence-corrected chi connectivity index (χ0v) is 22.0. The van der Waals surface area contributed by atoms with Gasteiger partial charge in [0.05, 0.1) is 22.2 Å². The van der Waals surface area contributed by atoms with E-state index in [1.165, 1.54) is 17.4 Å². The average Bonchev–Trinajstić information content (AvgIpc) is 3.48. The van der Waals surface area contributed by atoms with E-state index in [-0.39, 0.29) is 5.57 Å². The second kappa shape index (κ2) is 11.8. The first kappa shape index (κ1) is 26.0. The van der Waals surface area contributed by atoms with Gasteiger partial charge in [-0.25, -0.2) is 4.79 Å². The van der Waals surface area contributed by atoms with Crippen LogP contribution in [0.2, 0.25) is 10.0 Å². The minimum atomic E-state index is -0.627. The number of anilines is 1. The number of hydrogen-bond donors (Lipinski definition) is 1. The zero-order chi connectivity index (χ0) is 25.7. The number of hydrogen-bond acceptors (Lipinski definition) is 6. The summed E-state index contributed by atoms with van der Waals surface area (Å²) in [7, 11) is 0. The summed E-state index contributed by atoms with van der Waals surface area (Å²) in [5, 5.41) is 13.6. The van der Waals surface area contributed by atoms with Crippen molar-refractivity contribution in [2.24, 2.45) is 0 Å². The molecule has 36 heavy (non-hydrogen) atoms. The third-order valence-corrected chi connectivity index (χ3v) is 7.86. The molecule has 186 valence electrons. The molecule has 9 heteroatoms. The Bertz CT molecular complexity index is 1370. The molecule has 0 aliphatic heterocycles. The molecule has 2 aromatic heterocycles. The molecular weight excluding hydrogens is 519 g/mol. The number of carbonyl (C=O) groups is 2. The van der Waals surface area contributed by atoms with Crippen LogP contribution >= 0.6 is 34.5 Å².